The van der Waals surface area contributed by atoms with Gasteiger partial charge in [0.1, 0.15) is 5.75 Å². The van der Waals surface area contributed by atoms with Gasteiger partial charge in [0.15, 0.2) is 5.82 Å². The van der Waals surface area contributed by atoms with Gasteiger partial charge in [-0.3, -0.25) is 0 Å². The molecule has 1 aromatic heterocycles. The SMILES string of the molecule is COc1cc(C)cc(C)c1-c1nc(C)c(CCCN)c(OC)n1. The van der Waals surface area contributed by atoms with Gasteiger partial charge < -0.3 is 15.2 Å². The van der Waals surface area contributed by atoms with Crippen molar-refractivity contribution < 1.29 is 9.47 Å². The Bertz CT molecular complexity index is 699. The van der Waals surface area contributed by atoms with Crippen molar-refractivity contribution in [2.45, 2.75) is 33.6 Å². The van der Waals surface area contributed by atoms with E-state index in [9.17, 15) is 0 Å². The summed E-state index contributed by atoms with van der Waals surface area (Å²) in [7, 11) is 3.30. The molecule has 1 aromatic carbocycles. The molecule has 0 aliphatic heterocycles. The van der Waals surface area contributed by atoms with Crippen LogP contribution < -0.4 is 15.2 Å². The molecular weight excluding hydrogens is 290 g/mol. The van der Waals surface area contributed by atoms with E-state index in [1.807, 2.05) is 26.8 Å². The highest BCUT2D eigenvalue weighted by molar-refractivity contribution is 5.69. The summed E-state index contributed by atoms with van der Waals surface area (Å²) in [5, 5.41) is 0. The summed E-state index contributed by atoms with van der Waals surface area (Å²) in [6.07, 6.45) is 1.70. The third kappa shape index (κ3) is 3.62. The van der Waals surface area contributed by atoms with Gasteiger partial charge in [0.05, 0.1) is 19.8 Å². The first-order valence-electron chi connectivity index (χ1n) is 7.79. The number of aromatic nitrogens is 2. The highest BCUT2D eigenvalue weighted by atomic mass is 16.5. The molecule has 0 saturated heterocycles. The quantitative estimate of drug-likeness (QED) is 0.887. The summed E-state index contributed by atoms with van der Waals surface area (Å²) in [4.78, 5) is 9.31. The van der Waals surface area contributed by atoms with Crippen molar-refractivity contribution in [1.29, 1.82) is 0 Å². The summed E-state index contributed by atoms with van der Waals surface area (Å²) in [5.41, 5.74) is 10.7. The molecule has 0 atom stereocenters. The van der Waals surface area contributed by atoms with Crippen LogP contribution in [0.25, 0.3) is 11.4 Å². The highest BCUT2D eigenvalue weighted by Crippen LogP contribution is 2.34. The van der Waals surface area contributed by atoms with Crippen LogP contribution in [0.2, 0.25) is 0 Å². The minimum atomic E-state index is 0.614. The lowest BCUT2D eigenvalue weighted by molar-refractivity contribution is 0.390. The van der Waals surface area contributed by atoms with E-state index >= 15 is 0 Å². The number of nitrogens with two attached hydrogens (primary N) is 1. The lowest BCUT2D eigenvalue weighted by Crippen LogP contribution is -2.07. The van der Waals surface area contributed by atoms with Crippen LogP contribution in [0.15, 0.2) is 12.1 Å². The Morgan fingerprint density at radius 1 is 1.04 bits per heavy atom. The van der Waals surface area contributed by atoms with Crippen LogP contribution in [0.4, 0.5) is 0 Å². The number of hydrogen-bond donors (Lipinski definition) is 1. The van der Waals surface area contributed by atoms with Gasteiger partial charge in [-0.05, 0) is 57.4 Å². The Labute approximate surface area is 137 Å². The maximum absolute atomic E-state index is 5.61. The number of nitrogens with zero attached hydrogens (tertiary/aromatic N) is 2. The predicted molar refractivity (Wildman–Crippen MR) is 92.2 cm³/mol. The molecule has 0 amide bonds. The predicted octanol–water partition coefficient (Wildman–Crippen LogP) is 2.98. The van der Waals surface area contributed by atoms with Crippen LogP contribution in [0.1, 0.15) is 28.8 Å². The normalized spacial score (nSPS) is 10.7. The number of ether oxygens (including phenoxy) is 2. The average molecular weight is 315 g/mol. The van der Waals surface area contributed by atoms with Crippen LogP contribution in [0.5, 0.6) is 11.6 Å². The molecule has 2 aromatic rings. The van der Waals surface area contributed by atoms with Gasteiger partial charge in [-0.2, -0.15) is 4.98 Å². The third-order valence-electron chi connectivity index (χ3n) is 3.89. The molecule has 0 spiro atoms. The van der Waals surface area contributed by atoms with E-state index in [1.165, 1.54) is 0 Å². The Kier molecular flexibility index (Phi) is 5.55. The molecule has 0 fully saturated rings. The van der Waals surface area contributed by atoms with Crippen molar-refractivity contribution in [1.82, 2.24) is 9.97 Å². The molecule has 0 aliphatic rings. The summed E-state index contributed by atoms with van der Waals surface area (Å²) in [6.45, 7) is 6.70. The molecule has 5 nitrogen and oxygen atoms in total. The fraction of sp³-hybridized carbons (Fsp3) is 0.444. The number of aryl methyl sites for hydroxylation is 3. The first kappa shape index (κ1) is 17.2. The maximum atomic E-state index is 5.61. The second kappa shape index (κ2) is 7.42. The second-order valence-corrected chi connectivity index (χ2v) is 5.67. The molecule has 0 radical (unpaired) electrons. The van der Waals surface area contributed by atoms with Gasteiger partial charge in [0, 0.05) is 11.3 Å². The number of benzene rings is 1. The van der Waals surface area contributed by atoms with Crippen molar-refractivity contribution in [2.75, 3.05) is 20.8 Å². The first-order valence-corrected chi connectivity index (χ1v) is 7.79. The van der Waals surface area contributed by atoms with Crippen molar-refractivity contribution in [3.63, 3.8) is 0 Å². The maximum Gasteiger partial charge on any atom is 0.220 e. The topological polar surface area (TPSA) is 70.3 Å². The molecule has 0 bridgehead atoms. The van der Waals surface area contributed by atoms with E-state index in [0.29, 0.717) is 18.2 Å². The van der Waals surface area contributed by atoms with Gasteiger partial charge in [-0.1, -0.05) is 6.07 Å². The molecule has 2 rings (SSSR count). The van der Waals surface area contributed by atoms with Crippen molar-refractivity contribution in [3.8, 4) is 23.0 Å². The van der Waals surface area contributed by atoms with Crippen molar-refractivity contribution >= 4 is 0 Å². The van der Waals surface area contributed by atoms with E-state index in [4.69, 9.17) is 20.2 Å². The molecule has 2 N–H and O–H groups in total. The van der Waals surface area contributed by atoms with Crippen LogP contribution in [0, 0.1) is 20.8 Å². The van der Waals surface area contributed by atoms with Gasteiger partial charge in [-0.25, -0.2) is 4.98 Å². The van der Waals surface area contributed by atoms with E-state index in [0.717, 1.165) is 46.5 Å². The van der Waals surface area contributed by atoms with Crippen molar-refractivity contribution in [2.24, 2.45) is 5.73 Å². The summed E-state index contributed by atoms with van der Waals surface area (Å²) in [6, 6.07) is 4.10. The minimum absolute atomic E-state index is 0.614. The molecule has 0 aliphatic carbocycles. The Balaban J connectivity index is 2.59. The zero-order valence-corrected chi connectivity index (χ0v) is 14.6. The number of rotatable bonds is 6. The highest BCUT2D eigenvalue weighted by Gasteiger charge is 2.18. The number of methoxy groups -OCH3 is 2. The zero-order chi connectivity index (χ0) is 17.0. The third-order valence-corrected chi connectivity index (χ3v) is 3.89. The Morgan fingerprint density at radius 3 is 2.39 bits per heavy atom. The largest absolute Gasteiger partial charge is 0.496 e. The van der Waals surface area contributed by atoms with Crippen LogP contribution in [0.3, 0.4) is 0 Å². The number of hydrogen-bond acceptors (Lipinski definition) is 5. The van der Waals surface area contributed by atoms with Crippen LogP contribution in [-0.2, 0) is 6.42 Å². The molecule has 23 heavy (non-hydrogen) atoms. The fourth-order valence-electron chi connectivity index (χ4n) is 2.79. The second-order valence-electron chi connectivity index (χ2n) is 5.67. The molecular formula is C18H25N3O2. The smallest absolute Gasteiger partial charge is 0.220 e. The van der Waals surface area contributed by atoms with Gasteiger partial charge in [0.25, 0.3) is 0 Å². The Hall–Kier alpha value is -2.14. The molecule has 0 unspecified atom stereocenters. The van der Waals surface area contributed by atoms with Crippen molar-refractivity contribution in [3.05, 3.63) is 34.5 Å². The van der Waals surface area contributed by atoms with Crippen LogP contribution >= 0.6 is 0 Å². The zero-order valence-electron chi connectivity index (χ0n) is 14.6. The van der Waals surface area contributed by atoms with E-state index in [-0.39, 0.29) is 0 Å². The van der Waals surface area contributed by atoms with Gasteiger partial charge in [-0.15, -0.1) is 0 Å². The monoisotopic (exact) mass is 315 g/mol. The Morgan fingerprint density at radius 2 is 1.78 bits per heavy atom. The molecule has 0 saturated carbocycles. The van der Waals surface area contributed by atoms with Crippen LogP contribution in [-0.4, -0.2) is 30.7 Å². The summed E-state index contributed by atoms with van der Waals surface area (Å²) in [5.74, 6) is 2.02. The lowest BCUT2D eigenvalue weighted by Gasteiger charge is -2.15. The van der Waals surface area contributed by atoms with Gasteiger partial charge in [0.2, 0.25) is 5.88 Å². The molecule has 5 heteroatoms. The molecule has 124 valence electrons. The summed E-state index contributed by atoms with van der Waals surface area (Å²) < 4.78 is 11.0. The van der Waals surface area contributed by atoms with E-state index in [1.54, 1.807) is 14.2 Å². The molecule has 1 heterocycles. The minimum Gasteiger partial charge on any atom is -0.496 e. The standard InChI is InChI=1S/C18H25N3O2/c1-11-9-12(2)16(15(10-11)22-4)17-20-13(3)14(7-6-8-19)18(21-17)23-5/h9-10H,6-8,19H2,1-5H3. The summed E-state index contributed by atoms with van der Waals surface area (Å²) >= 11 is 0. The van der Waals surface area contributed by atoms with E-state index in [2.05, 4.69) is 11.1 Å². The average Bonchev–Trinajstić information content (AvgIpc) is 2.52. The van der Waals surface area contributed by atoms with E-state index < -0.39 is 0 Å². The lowest BCUT2D eigenvalue weighted by atomic mass is 10.0. The fourth-order valence-corrected chi connectivity index (χ4v) is 2.79. The van der Waals surface area contributed by atoms with Gasteiger partial charge >= 0.3 is 0 Å². The first-order chi connectivity index (χ1) is 11.0.